The van der Waals surface area contributed by atoms with Crippen molar-refractivity contribution in [1.29, 1.82) is 0 Å². The molecule has 1 nitrogen and oxygen atoms in total. The first-order valence-corrected chi connectivity index (χ1v) is 16.8. The molecule has 0 aliphatic carbocycles. The first kappa shape index (κ1) is 28.8. The van der Waals surface area contributed by atoms with Crippen LogP contribution in [0.15, 0.2) is 200 Å². The summed E-state index contributed by atoms with van der Waals surface area (Å²) in [5.74, 6) is 0. The van der Waals surface area contributed by atoms with E-state index < -0.39 is 0 Å². The predicted molar refractivity (Wildman–Crippen MR) is 210 cm³/mol. The molecule has 230 valence electrons. The van der Waals surface area contributed by atoms with Gasteiger partial charge < -0.3 is 4.90 Å². The molecule has 0 atom stereocenters. The molecule has 0 N–H and O–H groups in total. The van der Waals surface area contributed by atoms with Crippen molar-refractivity contribution >= 4 is 49.4 Å². The number of fused-ring (bicyclic) bond motifs is 4. The Hall–Kier alpha value is -6.44. The average Bonchev–Trinajstić information content (AvgIpc) is 3.18. The van der Waals surface area contributed by atoms with Gasteiger partial charge in [0.25, 0.3) is 0 Å². The van der Waals surface area contributed by atoms with E-state index in [4.69, 9.17) is 0 Å². The van der Waals surface area contributed by atoms with Crippen molar-refractivity contribution in [2.24, 2.45) is 0 Å². The third-order valence-electron chi connectivity index (χ3n) is 9.62. The molecule has 9 rings (SSSR count). The Morgan fingerprint density at radius 2 is 0.857 bits per heavy atom. The molecule has 0 saturated heterocycles. The molecule has 49 heavy (non-hydrogen) atoms. The largest absolute Gasteiger partial charge is 0.310 e. The fourth-order valence-electron chi connectivity index (χ4n) is 7.24. The van der Waals surface area contributed by atoms with Crippen molar-refractivity contribution in [1.82, 2.24) is 0 Å². The Labute approximate surface area is 287 Å². The summed E-state index contributed by atoms with van der Waals surface area (Å²) >= 11 is 0. The van der Waals surface area contributed by atoms with Gasteiger partial charge in [-0.1, -0.05) is 158 Å². The summed E-state index contributed by atoms with van der Waals surface area (Å²) in [4.78, 5) is 2.41. The number of hydrogen-bond acceptors (Lipinski definition) is 1. The van der Waals surface area contributed by atoms with Crippen molar-refractivity contribution in [2.45, 2.75) is 0 Å². The molecular formula is C48H33N. The maximum atomic E-state index is 2.41. The maximum Gasteiger partial charge on any atom is 0.0540 e. The normalized spacial score (nSPS) is 11.3. The Morgan fingerprint density at radius 3 is 1.69 bits per heavy atom. The molecule has 9 aromatic rings. The van der Waals surface area contributed by atoms with Crippen molar-refractivity contribution in [2.75, 3.05) is 4.90 Å². The van der Waals surface area contributed by atoms with Gasteiger partial charge in [-0.05, 0) is 103 Å². The molecule has 0 aromatic heterocycles. The quantitative estimate of drug-likeness (QED) is 0.167. The van der Waals surface area contributed by atoms with E-state index in [2.05, 4.69) is 205 Å². The van der Waals surface area contributed by atoms with E-state index in [1.54, 1.807) is 0 Å². The second kappa shape index (κ2) is 12.3. The molecule has 0 fully saturated rings. The van der Waals surface area contributed by atoms with Crippen molar-refractivity contribution in [3.63, 3.8) is 0 Å². The first-order valence-electron chi connectivity index (χ1n) is 16.8. The van der Waals surface area contributed by atoms with Crippen LogP contribution in [0.25, 0.3) is 65.7 Å². The topological polar surface area (TPSA) is 3.24 Å². The Kier molecular flexibility index (Phi) is 7.22. The van der Waals surface area contributed by atoms with Crippen molar-refractivity contribution in [3.05, 3.63) is 200 Å². The lowest BCUT2D eigenvalue weighted by atomic mass is 9.93. The summed E-state index contributed by atoms with van der Waals surface area (Å²) in [7, 11) is 0. The summed E-state index contributed by atoms with van der Waals surface area (Å²) in [6.45, 7) is 0. The number of anilines is 3. The molecule has 0 heterocycles. The van der Waals surface area contributed by atoms with Gasteiger partial charge in [0.2, 0.25) is 0 Å². The minimum absolute atomic E-state index is 1.11. The Balaban J connectivity index is 1.24. The minimum atomic E-state index is 1.11. The molecule has 0 unspecified atom stereocenters. The molecule has 0 radical (unpaired) electrons. The molecule has 0 aliphatic rings. The zero-order chi connectivity index (χ0) is 32.6. The molecule has 1 heteroatoms. The van der Waals surface area contributed by atoms with Gasteiger partial charge in [0.05, 0.1) is 5.69 Å². The first-order chi connectivity index (χ1) is 24.3. The lowest BCUT2D eigenvalue weighted by Gasteiger charge is -2.28. The highest BCUT2D eigenvalue weighted by Gasteiger charge is 2.19. The third-order valence-corrected chi connectivity index (χ3v) is 9.62. The van der Waals surface area contributed by atoms with Crippen molar-refractivity contribution in [3.8, 4) is 33.4 Å². The number of benzene rings is 9. The van der Waals surface area contributed by atoms with Crippen LogP contribution in [0.2, 0.25) is 0 Å². The summed E-state index contributed by atoms with van der Waals surface area (Å²) in [6.07, 6.45) is 0. The van der Waals surface area contributed by atoms with E-state index in [1.807, 2.05) is 0 Å². The van der Waals surface area contributed by atoms with Gasteiger partial charge >= 0.3 is 0 Å². The molecular weight excluding hydrogens is 591 g/mol. The smallest absolute Gasteiger partial charge is 0.0540 e. The highest BCUT2D eigenvalue weighted by atomic mass is 15.1. The van der Waals surface area contributed by atoms with Crippen LogP contribution in [-0.2, 0) is 0 Å². The summed E-state index contributed by atoms with van der Waals surface area (Å²) in [5.41, 5.74) is 10.5. The highest BCUT2D eigenvalue weighted by Crippen LogP contribution is 2.44. The standard InChI is InChI=1S/C48H33N/c1-2-13-34(14-3-1)36-27-29-41(30-28-36)49(48-24-11-10-21-44(48)40-26-25-35-15-4-5-16-37(35)31-40)42-19-12-18-38(32-42)47-33-39-17-6-7-20-43(39)45-22-8-9-23-46(45)47/h1-33H. The van der Waals surface area contributed by atoms with Gasteiger partial charge in [-0.3, -0.25) is 0 Å². The van der Waals surface area contributed by atoms with Gasteiger partial charge in [-0.2, -0.15) is 0 Å². The van der Waals surface area contributed by atoms with Crippen LogP contribution >= 0.6 is 0 Å². The van der Waals surface area contributed by atoms with Gasteiger partial charge in [-0.15, -0.1) is 0 Å². The van der Waals surface area contributed by atoms with Crippen LogP contribution in [0.5, 0.6) is 0 Å². The monoisotopic (exact) mass is 623 g/mol. The van der Waals surface area contributed by atoms with Crippen molar-refractivity contribution < 1.29 is 0 Å². The summed E-state index contributed by atoms with van der Waals surface area (Å²) in [6, 6.07) is 72.5. The molecule has 0 spiro atoms. The van der Waals surface area contributed by atoms with E-state index in [1.165, 1.54) is 65.7 Å². The maximum absolute atomic E-state index is 2.41. The second-order valence-corrected chi connectivity index (χ2v) is 12.6. The van der Waals surface area contributed by atoms with Gasteiger partial charge in [-0.25, -0.2) is 0 Å². The third kappa shape index (κ3) is 5.32. The minimum Gasteiger partial charge on any atom is -0.310 e. The van der Waals surface area contributed by atoms with Crippen LogP contribution in [0.4, 0.5) is 17.1 Å². The van der Waals surface area contributed by atoms with Gasteiger partial charge in [0.15, 0.2) is 0 Å². The fraction of sp³-hybridized carbons (Fsp3) is 0. The summed E-state index contributed by atoms with van der Waals surface area (Å²) < 4.78 is 0. The number of rotatable bonds is 6. The molecule has 0 saturated carbocycles. The Bertz CT molecular complexity index is 2600. The number of hydrogen-bond donors (Lipinski definition) is 0. The van der Waals surface area contributed by atoms with Gasteiger partial charge in [0, 0.05) is 16.9 Å². The van der Waals surface area contributed by atoms with Crippen LogP contribution in [0.3, 0.4) is 0 Å². The lowest BCUT2D eigenvalue weighted by Crippen LogP contribution is -2.11. The van der Waals surface area contributed by atoms with E-state index in [9.17, 15) is 0 Å². The fourth-order valence-corrected chi connectivity index (χ4v) is 7.24. The summed E-state index contributed by atoms with van der Waals surface area (Å²) in [5, 5.41) is 7.54. The Morgan fingerprint density at radius 1 is 0.265 bits per heavy atom. The van der Waals surface area contributed by atoms with Gasteiger partial charge in [0.1, 0.15) is 0 Å². The zero-order valence-corrected chi connectivity index (χ0v) is 27.0. The van der Waals surface area contributed by atoms with Crippen LogP contribution in [-0.4, -0.2) is 0 Å². The second-order valence-electron chi connectivity index (χ2n) is 12.6. The molecule has 9 aromatic carbocycles. The highest BCUT2D eigenvalue weighted by molar-refractivity contribution is 6.14. The zero-order valence-electron chi connectivity index (χ0n) is 27.0. The number of para-hydroxylation sites is 1. The average molecular weight is 624 g/mol. The van der Waals surface area contributed by atoms with E-state index >= 15 is 0 Å². The van der Waals surface area contributed by atoms with Crippen LogP contribution in [0.1, 0.15) is 0 Å². The van der Waals surface area contributed by atoms with E-state index in [0.717, 1.165) is 17.1 Å². The number of nitrogens with zero attached hydrogens (tertiary/aromatic N) is 1. The van der Waals surface area contributed by atoms with Crippen LogP contribution < -0.4 is 4.90 Å². The molecule has 0 amide bonds. The lowest BCUT2D eigenvalue weighted by molar-refractivity contribution is 1.28. The van der Waals surface area contributed by atoms with Crippen LogP contribution in [0, 0.1) is 0 Å². The predicted octanol–water partition coefficient (Wildman–Crippen LogP) is 13.6. The molecule has 0 aliphatic heterocycles. The van der Waals surface area contributed by atoms with E-state index in [0.29, 0.717) is 0 Å². The van der Waals surface area contributed by atoms with E-state index in [-0.39, 0.29) is 0 Å². The SMILES string of the molecule is c1ccc(-c2ccc(N(c3cccc(-c4cc5ccccc5c5ccccc45)c3)c3ccccc3-c3ccc4ccccc4c3)cc2)cc1. The molecule has 0 bridgehead atoms.